The van der Waals surface area contributed by atoms with E-state index in [1.54, 1.807) is 0 Å². The fraction of sp³-hybridized carbons (Fsp3) is 0.636. The Hall–Kier alpha value is -1.62. The predicted molar refractivity (Wildman–Crippen MR) is 94.9 cm³/mol. The highest BCUT2D eigenvalue weighted by molar-refractivity contribution is 5.91. The highest BCUT2D eigenvalue weighted by Crippen LogP contribution is 2.69. The molecule has 4 aliphatic rings. The Labute approximate surface area is 145 Å². The molecular weight excluding hydrogens is 294 g/mol. The summed E-state index contributed by atoms with van der Waals surface area (Å²) in [5, 5.41) is 10.0. The largest absolute Gasteiger partial charge is 0.295 e. The smallest absolute Gasteiger partial charge is 0.155 e. The van der Waals surface area contributed by atoms with Gasteiger partial charge in [-0.25, -0.2) is 0 Å². The van der Waals surface area contributed by atoms with Crippen molar-refractivity contribution in [2.24, 2.45) is 34.5 Å². The number of carbonyl (C=O) groups excluding carboxylic acids is 1. The molecule has 6 atom stereocenters. The number of carbonyl (C=O) groups is 1. The quantitative estimate of drug-likeness (QED) is 0.638. The van der Waals surface area contributed by atoms with Crippen molar-refractivity contribution in [2.45, 2.75) is 52.4 Å². The number of fused-ring (bicyclic) bond motifs is 5. The summed E-state index contributed by atoms with van der Waals surface area (Å²) in [5.41, 5.74) is 2.11. The van der Waals surface area contributed by atoms with Crippen LogP contribution in [0.15, 0.2) is 36.0 Å². The van der Waals surface area contributed by atoms with Gasteiger partial charge in [-0.3, -0.25) is 4.79 Å². The van der Waals surface area contributed by atoms with Gasteiger partial charge in [0, 0.05) is 6.42 Å². The molecule has 0 bridgehead atoms. The molecule has 0 heterocycles. The van der Waals surface area contributed by atoms with E-state index in [2.05, 4.69) is 38.6 Å². The van der Waals surface area contributed by atoms with E-state index < -0.39 is 0 Å². The van der Waals surface area contributed by atoms with Gasteiger partial charge in [0.25, 0.3) is 0 Å². The van der Waals surface area contributed by atoms with Gasteiger partial charge in [-0.15, -0.1) is 0 Å². The molecule has 0 aromatic rings. The van der Waals surface area contributed by atoms with Crippen LogP contribution in [0.1, 0.15) is 52.4 Å². The number of hydrogen-bond acceptors (Lipinski definition) is 2. The topological polar surface area (TPSA) is 40.9 Å². The predicted octanol–water partition coefficient (Wildman–Crippen LogP) is 4.99. The molecular formula is C22H27NO. The maximum Gasteiger partial charge on any atom is 0.155 e. The summed E-state index contributed by atoms with van der Waals surface area (Å²) >= 11 is 0. The molecule has 0 radical (unpaired) electrons. The fourth-order valence-corrected chi connectivity index (χ4v) is 6.67. The summed E-state index contributed by atoms with van der Waals surface area (Å²) < 4.78 is 0. The first-order chi connectivity index (χ1) is 11.5. The fourth-order valence-electron chi connectivity index (χ4n) is 6.67. The SMILES string of the molecule is C=C1C[C@H]2[C@@H]3C=CC4=CC(=O)CC[C@@H]4[C@H]3CC[C@]2(C)[C@]1(C#N)CC. The Kier molecular flexibility index (Phi) is 3.43. The van der Waals surface area contributed by atoms with Crippen LogP contribution in [-0.4, -0.2) is 5.78 Å². The van der Waals surface area contributed by atoms with Crippen molar-refractivity contribution in [3.8, 4) is 6.07 Å². The summed E-state index contributed by atoms with van der Waals surface area (Å²) in [4.78, 5) is 11.8. The molecule has 0 aromatic carbocycles. The van der Waals surface area contributed by atoms with Gasteiger partial charge in [-0.2, -0.15) is 5.26 Å². The van der Waals surface area contributed by atoms with E-state index in [9.17, 15) is 10.1 Å². The number of hydrogen-bond donors (Lipinski definition) is 0. The third-order valence-electron chi connectivity index (χ3n) is 8.03. The lowest BCUT2D eigenvalue weighted by Gasteiger charge is -2.53. The van der Waals surface area contributed by atoms with Crippen molar-refractivity contribution < 1.29 is 4.79 Å². The molecule has 0 unspecified atom stereocenters. The molecule has 0 aliphatic heterocycles. The van der Waals surface area contributed by atoms with Crippen molar-refractivity contribution in [1.82, 2.24) is 0 Å². The van der Waals surface area contributed by atoms with Gasteiger partial charge in [0.2, 0.25) is 0 Å². The highest BCUT2D eigenvalue weighted by atomic mass is 16.1. The summed E-state index contributed by atoms with van der Waals surface area (Å²) in [6.45, 7) is 8.85. The molecule has 0 spiro atoms. The Balaban J connectivity index is 1.75. The molecule has 2 saturated carbocycles. The Morgan fingerprint density at radius 3 is 2.92 bits per heavy atom. The van der Waals surface area contributed by atoms with Crippen molar-refractivity contribution >= 4 is 5.78 Å². The standard InChI is InChI=1S/C22H27NO/c1-4-22(13-23)14(2)11-20-19-7-5-15-12-16(24)6-8-17(15)18(19)9-10-21(20,22)3/h5,7,12,17-20H,2,4,6,8-11H2,1,3H3/t17-,18+,19+,20-,21-,22-/m0/s1. The zero-order valence-corrected chi connectivity index (χ0v) is 14.8. The van der Waals surface area contributed by atoms with Gasteiger partial charge >= 0.3 is 0 Å². The summed E-state index contributed by atoms with van der Waals surface area (Å²) in [5.74, 6) is 2.55. The molecule has 4 aliphatic carbocycles. The lowest BCUT2D eigenvalue weighted by Crippen LogP contribution is -2.48. The van der Waals surface area contributed by atoms with Gasteiger partial charge in [-0.05, 0) is 72.8 Å². The second kappa shape index (κ2) is 5.19. The molecule has 126 valence electrons. The van der Waals surface area contributed by atoms with E-state index in [1.165, 1.54) is 12.0 Å². The first-order valence-corrected chi connectivity index (χ1v) is 9.49. The van der Waals surface area contributed by atoms with E-state index >= 15 is 0 Å². The number of allylic oxidation sites excluding steroid dienone is 5. The third kappa shape index (κ3) is 1.79. The van der Waals surface area contributed by atoms with Gasteiger partial charge in [0.15, 0.2) is 5.78 Å². The molecule has 0 saturated heterocycles. The number of rotatable bonds is 1. The van der Waals surface area contributed by atoms with Gasteiger partial charge in [0.1, 0.15) is 0 Å². The van der Waals surface area contributed by atoms with Gasteiger partial charge in [-0.1, -0.05) is 38.2 Å². The molecule has 4 rings (SSSR count). The first kappa shape index (κ1) is 15.9. The molecule has 2 heteroatoms. The number of ketones is 1. The molecule has 0 amide bonds. The molecule has 24 heavy (non-hydrogen) atoms. The molecule has 2 fully saturated rings. The minimum absolute atomic E-state index is 0.0464. The van der Waals surface area contributed by atoms with Crippen molar-refractivity contribution in [2.75, 3.05) is 0 Å². The zero-order chi connectivity index (χ0) is 17.1. The van der Waals surface area contributed by atoms with Crippen LogP contribution in [0.4, 0.5) is 0 Å². The number of nitriles is 1. The summed E-state index contributed by atoms with van der Waals surface area (Å²) in [7, 11) is 0. The summed E-state index contributed by atoms with van der Waals surface area (Å²) in [6, 6.07) is 2.69. The lowest BCUT2D eigenvalue weighted by molar-refractivity contribution is -0.115. The van der Waals surface area contributed by atoms with Crippen LogP contribution in [0.2, 0.25) is 0 Å². The van der Waals surface area contributed by atoms with Crippen LogP contribution in [0.25, 0.3) is 0 Å². The zero-order valence-electron chi connectivity index (χ0n) is 14.8. The van der Waals surface area contributed by atoms with Crippen LogP contribution in [0, 0.1) is 45.8 Å². The van der Waals surface area contributed by atoms with E-state index in [4.69, 9.17) is 0 Å². The molecule has 0 N–H and O–H groups in total. The van der Waals surface area contributed by atoms with Crippen LogP contribution in [-0.2, 0) is 4.79 Å². The van der Waals surface area contributed by atoms with Crippen LogP contribution >= 0.6 is 0 Å². The minimum Gasteiger partial charge on any atom is -0.295 e. The normalized spacial score (nSPS) is 46.6. The Morgan fingerprint density at radius 1 is 1.42 bits per heavy atom. The Morgan fingerprint density at radius 2 is 2.21 bits per heavy atom. The third-order valence-corrected chi connectivity index (χ3v) is 8.03. The highest BCUT2D eigenvalue weighted by Gasteiger charge is 2.63. The van der Waals surface area contributed by atoms with Crippen molar-refractivity contribution in [3.63, 3.8) is 0 Å². The van der Waals surface area contributed by atoms with Gasteiger partial charge < -0.3 is 0 Å². The minimum atomic E-state index is -0.352. The monoisotopic (exact) mass is 321 g/mol. The van der Waals surface area contributed by atoms with E-state index in [0.29, 0.717) is 30.1 Å². The van der Waals surface area contributed by atoms with E-state index in [1.807, 2.05) is 6.08 Å². The first-order valence-electron chi connectivity index (χ1n) is 9.49. The average Bonchev–Trinajstić information content (AvgIpc) is 2.81. The Bertz CT molecular complexity index is 708. The van der Waals surface area contributed by atoms with Crippen molar-refractivity contribution in [1.29, 1.82) is 5.26 Å². The van der Waals surface area contributed by atoms with E-state index in [-0.39, 0.29) is 16.6 Å². The van der Waals surface area contributed by atoms with E-state index in [0.717, 1.165) is 31.3 Å². The molecule has 2 nitrogen and oxygen atoms in total. The van der Waals surface area contributed by atoms with Crippen LogP contribution in [0.5, 0.6) is 0 Å². The number of nitrogens with zero attached hydrogens (tertiary/aromatic N) is 1. The van der Waals surface area contributed by atoms with Crippen LogP contribution < -0.4 is 0 Å². The van der Waals surface area contributed by atoms with Gasteiger partial charge in [0.05, 0.1) is 11.5 Å². The molecule has 0 aromatic heterocycles. The summed E-state index contributed by atoms with van der Waals surface area (Å²) in [6.07, 6.45) is 12.3. The second-order valence-electron chi connectivity index (χ2n) is 8.60. The van der Waals surface area contributed by atoms with Crippen LogP contribution in [0.3, 0.4) is 0 Å². The maximum absolute atomic E-state index is 11.8. The maximum atomic E-state index is 11.8. The lowest BCUT2D eigenvalue weighted by atomic mass is 9.49. The second-order valence-corrected chi connectivity index (χ2v) is 8.60. The van der Waals surface area contributed by atoms with Crippen molar-refractivity contribution in [3.05, 3.63) is 36.0 Å². The average molecular weight is 321 g/mol.